The van der Waals surface area contributed by atoms with Crippen LogP contribution >= 0.6 is 0 Å². The number of hydrogen-bond acceptors (Lipinski definition) is 5. The van der Waals surface area contributed by atoms with E-state index in [2.05, 4.69) is 6.92 Å². The minimum atomic E-state index is -1.60. The number of carbonyl (C=O) groups excluding carboxylic acids is 2. The highest BCUT2D eigenvalue weighted by Crippen LogP contribution is 2.68. The summed E-state index contributed by atoms with van der Waals surface area (Å²) < 4.78 is 0. The SMILES string of the molecule is C[C@@H]1C[C@H]2[C@@H]3CCC4=CC(=O)C=C[C@]4(C)C3[C@@H](O)C[C@]2(C)[C@@]1(O)C(=O)CO. The van der Waals surface area contributed by atoms with Gasteiger partial charge < -0.3 is 15.3 Å². The van der Waals surface area contributed by atoms with E-state index in [9.17, 15) is 24.9 Å². The zero-order chi connectivity index (χ0) is 19.8. The van der Waals surface area contributed by atoms with Gasteiger partial charge in [0.05, 0.1) is 6.10 Å². The number of ketones is 2. The summed E-state index contributed by atoms with van der Waals surface area (Å²) in [6.45, 7) is 5.23. The van der Waals surface area contributed by atoms with Crippen LogP contribution in [0.5, 0.6) is 0 Å². The summed E-state index contributed by atoms with van der Waals surface area (Å²) in [6.07, 6.45) is 7.30. The van der Waals surface area contributed by atoms with Gasteiger partial charge in [0.25, 0.3) is 0 Å². The van der Waals surface area contributed by atoms with Gasteiger partial charge in [0.15, 0.2) is 11.6 Å². The summed E-state index contributed by atoms with van der Waals surface area (Å²) in [5.41, 5.74) is -1.62. The van der Waals surface area contributed by atoms with Gasteiger partial charge in [-0.3, -0.25) is 9.59 Å². The lowest BCUT2D eigenvalue weighted by atomic mass is 9.46. The van der Waals surface area contributed by atoms with E-state index in [4.69, 9.17) is 0 Å². The Morgan fingerprint density at radius 1 is 1.33 bits per heavy atom. The summed E-state index contributed by atoms with van der Waals surface area (Å²) in [6, 6.07) is 0. The smallest absolute Gasteiger partial charge is 0.190 e. The summed E-state index contributed by atoms with van der Waals surface area (Å²) in [5, 5.41) is 32.1. The van der Waals surface area contributed by atoms with Crippen LogP contribution < -0.4 is 0 Å². The van der Waals surface area contributed by atoms with Crippen molar-refractivity contribution < 1.29 is 24.9 Å². The van der Waals surface area contributed by atoms with Crippen LogP contribution in [0.1, 0.15) is 46.5 Å². The van der Waals surface area contributed by atoms with Crippen molar-refractivity contribution in [2.45, 2.75) is 58.2 Å². The van der Waals surface area contributed by atoms with E-state index in [-0.39, 0.29) is 34.9 Å². The van der Waals surface area contributed by atoms with Crippen molar-refractivity contribution in [3.05, 3.63) is 23.8 Å². The largest absolute Gasteiger partial charge is 0.393 e. The van der Waals surface area contributed by atoms with E-state index >= 15 is 0 Å². The Morgan fingerprint density at radius 3 is 2.70 bits per heavy atom. The molecule has 148 valence electrons. The molecule has 4 aliphatic carbocycles. The van der Waals surface area contributed by atoms with Gasteiger partial charge in [-0.15, -0.1) is 0 Å². The highest BCUT2D eigenvalue weighted by molar-refractivity contribution is 6.01. The van der Waals surface area contributed by atoms with Crippen molar-refractivity contribution in [3.8, 4) is 0 Å². The lowest BCUT2D eigenvalue weighted by Gasteiger charge is -2.59. The predicted octanol–water partition coefficient (Wildman–Crippen LogP) is 1.80. The second-order valence-corrected chi connectivity index (χ2v) is 9.70. The zero-order valence-corrected chi connectivity index (χ0v) is 16.3. The molecule has 0 aromatic rings. The first-order chi connectivity index (χ1) is 12.6. The van der Waals surface area contributed by atoms with Crippen molar-refractivity contribution in [2.24, 2.45) is 34.5 Å². The van der Waals surface area contributed by atoms with Crippen LogP contribution in [0.25, 0.3) is 0 Å². The Balaban J connectivity index is 1.78. The van der Waals surface area contributed by atoms with Gasteiger partial charge in [0, 0.05) is 16.7 Å². The van der Waals surface area contributed by atoms with E-state index in [0.29, 0.717) is 12.8 Å². The normalized spacial score (nSPS) is 51.3. The van der Waals surface area contributed by atoms with E-state index < -0.39 is 29.5 Å². The molecule has 5 nitrogen and oxygen atoms in total. The molecule has 0 aromatic heterocycles. The molecule has 0 aromatic carbocycles. The molecule has 5 heteroatoms. The first kappa shape index (κ1) is 19.0. The molecular weight excluding hydrogens is 344 g/mol. The molecule has 3 fully saturated rings. The number of carbonyl (C=O) groups is 2. The molecule has 4 rings (SSSR count). The average molecular weight is 374 g/mol. The van der Waals surface area contributed by atoms with Crippen LogP contribution in [-0.2, 0) is 9.59 Å². The van der Waals surface area contributed by atoms with Gasteiger partial charge in [0.2, 0.25) is 0 Å². The fourth-order valence-corrected chi connectivity index (χ4v) is 7.37. The number of hydrogen-bond donors (Lipinski definition) is 3. The maximum Gasteiger partial charge on any atom is 0.190 e. The molecular formula is C22H30O5. The van der Waals surface area contributed by atoms with Gasteiger partial charge in [-0.1, -0.05) is 32.4 Å². The van der Waals surface area contributed by atoms with Gasteiger partial charge in [-0.05, 0) is 55.6 Å². The Labute approximate surface area is 160 Å². The monoisotopic (exact) mass is 374 g/mol. The first-order valence-electron chi connectivity index (χ1n) is 10.1. The summed E-state index contributed by atoms with van der Waals surface area (Å²) in [7, 11) is 0. The minimum Gasteiger partial charge on any atom is -0.393 e. The van der Waals surface area contributed by atoms with E-state index in [1.54, 1.807) is 12.2 Å². The number of aliphatic hydroxyl groups excluding tert-OH is 2. The summed E-state index contributed by atoms with van der Waals surface area (Å²) in [5.74, 6) is -0.539. The Kier molecular flexibility index (Phi) is 4.12. The van der Waals surface area contributed by atoms with Crippen molar-refractivity contribution in [1.82, 2.24) is 0 Å². The second-order valence-electron chi connectivity index (χ2n) is 9.70. The summed E-state index contributed by atoms with van der Waals surface area (Å²) in [4.78, 5) is 24.4. The first-order valence-corrected chi connectivity index (χ1v) is 10.1. The third-order valence-electron chi connectivity index (χ3n) is 8.65. The van der Waals surface area contributed by atoms with Crippen LogP contribution in [0.4, 0.5) is 0 Å². The van der Waals surface area contributed by atoms with Crippen LogP contribution in [0.15, 0.2) is 23.8 Å². The fourth-order valence-electron chi connectivity index (χ4n) is 7.37. The highest BCUT2D eigenvalue weighted by atomic mass is 16.3. The lowest BCUT2D eigenvalue weighted by Crippen LogP contribution is -2.62. The van der Waals surface area contributed by atoms with Crippen LogP contribution in [-0.4, -0.2) is 45.2 Å². The predicted molar refractivity (Wildman–Crippen MR) is 99.6 cm³/mol. The van der Waals surface area contributed by atoms with Gasteiger partial charge in [-0.2, -0.15) is 0 Å². The van der Waals surface area contributed by atoms with Crippen LogP contribution in [0.2, 0.25) is 0 Å². The second kappa shape index (κ2) is 5.85. The molecule has 27 heavy (non-hydrogen) atoms. The molecule has 8 atom stereocenters. The van der Waals surface area contributed by atoms with Crippen molar-refractivity contribution in [2.75, 3.05) is 6.61 Å². The molecule has 0 heterocycles. The molecule has 4 aliphatic rings. The lowest BCUT2D eigenvalue weighted by molar-refractivity contribution is -0.183. The molecule has 1 unspecified atom stereocenters. The number of Topliss-reactive ketones (excluding diaryl/α,β-unsaturated/α-hetero) is 1. The number of aliphatic hydroxyl groups is 3. The zero-order valence-electron chi connectivity index (χ0n) is 16.3. The fraction of sp³-hybridized carbons (Fsp3) is 0.727. The van der Waals surface area contributed by atoms with Crippen LogP contribution in [0, 0.1) is 34.5 Å². The molecule has 0 saturated heterocycles. The Bertz CT molecular complexity index is 754. The quantitative estimate of drug-likeness (QED) is 0.685. The van der Waals surface area contributed by atoms with E-state index in [1.807, 2.05) is 19.9 Å². The number of fused-ring (bicyclic) bond motifs is 5. The van der Waals surface area contributed by atoms with E-state index in [1.165, 1.54) is 0 Å². The topological polar surface area (TPSA) is 94.8 Å². The third-order valence-corrected chi connectivity index (χ3v) is 8.65. The van der Waals surface area contributed by atoms with Gasteiger partial charge in [-0.25, -0.2) is 0 Å². The van der Waals surface area contributed by atoms with Gasteiger partial charge >= 0.3 is 0 Å². The number of allylic oxidation sites excluding steroid dienone is 4. The molecule has 3 saturated carbocycles. The maximum absolute atomic E-state index is 12.6. The molecule has 0 spiro atoms. The van der Waals surface area contributed by atoms with E-state index in [0.717, 1.165) is 18.4 Å². The summed E-state index contributed by atoms with van der Waals surface area (Å²) >= 11 is 0. The number of rotatable bonds is 2. The molecule has 0 amide bonds. The average Bonchev–Trinajstić information content (AvgIpc) is 2.82. The Morgan fingerprint density at radius 2 is 2.04 bits per heavy atom. The third kappa shape index (κ3) is 2.22. The minimum absolute atomic E-state index is 0.00784. The maximum atomic E-state index is 12.6. The Hall–Kier alpha value is -1.30. The van der Waals surface area contributed by atoms with Crippen molar-refractivity contribution >= 4 is 11.6 Å². The molecule has 3 N–H and O–H groups in total. The molecule has 0 radical (unpaired) electrons. The molecule has 0 aliphatic heterocycles. The van der Waals surface area contributed by atoms with Crippen molar-refractivity contribution in [3.63, 3.8) is 0 Å². The standard InChI is InChI=1S/C22H30O5/c1-12-8-16-15-5-4-13-9-14(24)6-7-20(13,2)19(15)17(25)10-21(16,3)22(12,27)18(26)11-23/h6-7,9,12,15-17,19,23,25,27H,4-5,8,10-11H2,1-3H3/t12-,15+,16+,17+,19?,20+,21+,22+/m1/s1. The van der Waals surface area contributed by atoms with Gasteiger partial charge in [0.1, 0.15) is 12.2 Å². The van der Waals surface area contributed by atoms with Crippen LogP contribution in [0.3, 0.4) is 0 Å². The highest BCUT2D eigenvalue weighted by Gasteiger charge is 2.70. The van der Waals surface area contributed by atoms with Crippen molar-refractivity contribution in [1.29, 1.82) is 0 Å². The molecule has 0 bridgehead atoms.